The van der Waals surface area contributed by atoms with Crippen molar-refractivity contribution in [1.82, 2.24) is 0 Å². The van der Waals surface area contributed by atoms with Crippen LogP contribution in [-0.4, -0.2) is 16.1 Å². The molecule has 0 unspecified atom stereocenters. The lowest BCUT2D eigenvalue weighted by Crippen LogP contribution is -2.37. The first-order valence-electron chi connectivity index (χ1n) is 6.32. The summed E-state index contributed by atoms with van der Waals surface area (Å²) in [5.74, 6) is 9.04. The van der Waals surface area contributed by atoms with E-state index in [0.29, 0.717) is 0 Å². The van der Waals surface area contributed by atoms with Crippen LogP contribution in [0.5, 0.6) is 0 Å². The summed E-state index contributed by atoms with van der Waals surface area (Å²) in [6.45, 7) is 13.7. The number of rotatable bonds is 1. The third kappa shape index (κ3) is 5.40. The molecule has 18 heavy (non-hydrogen) atoms. The average molecular weight is 271 g/mol. The second-order valence-corrected chi connectivity index (χ2v) is 16.4. The zero-order chi connectivity index (χ0) is 13.8. The highest BCUT2D eigenvalue weighted by Gasteiger charge is 2.15. The Morgan fingerprint density at radius 1 is 0.778 bits per heavy atom. The van der Waals surface area contributed by atoms with Crippen LogP contribution in [0.1, 0.15) is 5.56 Å². The van der Waals surface area contributed by atoms with Gasteiger partial charge in [-0.2, -0.15) is 0 Å². The predicted molar refractivity (Wildman–Crippen MR) is 87.4 cm³/mol. The number of hydrogen-bond donors (Lipinski definition) is 0. The second kappa shape index (κ2) is 5.61. The summed E-state index contributed by atoms with van der Waals surface area (Å²) < 4.78 is 0. The topological polar surface area (TPSA) is 0 Å². The maximum atomic E-state index is 3.25. The van der Waals surface area contributed by atoms with Crippen molar-refractivity contribution in [3.63, 3.8) is 0 Å². The maximum Gasteiger partial charge on any atom is 0.130 e. The molecule has 2 heteroatoms. The van der Waals surface area contributed by atoms with Crippen molar-refractivity contribution < 1.29 is 0 Å². The fourth-order valence-electron chi connectivity index (χ4n) is 1.38. The maximum absolute atomic E-state index is 3.25. The molecule has 0 saturated carbocycles. The standard InChI is InChI=1S/C16H22Si2/c1-17(2,3)14-8-7-9-15-10-12-16(13-11-15)18(4,5)6/h10-13H,1-6H3. The second-order valence-electron chi connectivity index (χ2n) is 6.58. The van der Waals surface area contributed by atoms with Gasteiger partial charge in [-0.05, 0) is 24.0 Å². The highest BCUT2D eigenvalue weighted by atomic mass is 28.3. The molecule has 0 atom stereocenters. The van der Waals surface area contributed by atoms with E-state index >= 15 is 0 Å². The van der Waals surface area contributed by atoms with Gasteiger partial charge in [0.2, 0.25) is 0 Å². The zero-order valence-corrected chi connectivity index (χ0v) is 14.3. The normalized spacial score (nSPS) is 11.0. The van der Waals surface area contributed by atoms with Crippen LogP contribution in [0.4, 0.5) is 0 Å². The Bertz CT molecular complexity index is 517. The van der Waals surface area contributed by atoms with Crippen LogP contribution in [0.15, 0.2) is 24.3 Å². The fraction of sp³-hybridized carbons (Fsp3) is 0.375. The monoisotopic (exact) mass is 270 g/mol. The van der Waals surface area contributed by atoms with Crippen LogP contribution in [0, 0.1) is 23.3 Å². The first kappa shape index (κ1) is 14.8. The van der Waals surface area contributed by atoms with Gasteiger partial charge in [-0.3, -0.25) is 0 Å². The minimum absolute atomic E-state index is 1.06. The van der Waals surface area contributed by atoms with Gasteiger partial charge >= 0.3 is 0 Å². The molecule has 0 N–H and O–H groups in total. The molecule has 0 nitrogen and oxygen atoms in total. The largest absolute Gasteiger partial charge is 0.130 e. The molecule has 0 saturated heterocycles. The van der Waals surface area contributed by atoms with Gasteiger partial charge in [-0.25, -0.2) is 0 Å². The van der Waals surface area contributed by atoms with Gasteiger partial charge in [-0.15, -0.1) is 5.54 Å². The Morgan fingerprint density at radius 3 is 1.78 bits per heavy atom. The van der Waals surface area contributed by atoms with E-state index in [0.717, 1.165) is 5.56 Å². The van der Waals surface area contributed by atoms with E-state index in [1.54, 1.807) is 0 Å². The Kier molecular flexibility index (Phi) is 4.62. The summed E-state index contributed by atoms with van der Waals surface area (Å²) in [6, 6.07) is 8.64. The SMILES string of the molecule is C[Si](C)(C)C#CC#Cc1ccc([Si](C)(C)C)cc1. The Hall–Kier alpha value is -1.23. The third-order valence-electron chi connectivity index (χ3n) is 2.46. The van der Waals surface area contributed by atoms with Crippen LogP contribution in [0.2, 0.25) is 39.3 Å². The predicted octanol–water partition coefficient (Wildman–Crippen LogP) is 3.46. The van der Waals surface area contributed by atoms with E-state index in [2.05, 4.69) is 86.9 Å². The van der Waals surface area contributed by atoms with Crippen molar-refractivity contribution in [2.45, 2.75) is 39.3 Å². The Labute approximate surface area is 114 Å². The summed E-state index contributed by atoms with van der Waals surface area (Å²) in [7, 11) is -2.48. The van der Waals surface area contributed by atoms with Crippen molar-refractivity contribution in [2.24, 2.45) is 0 Å². The van der Waals surface area contributed by atoms with E-state index in [4.69, 9.17) is 0 Å². The third-order valence-corrected chi connectivity index (χ3v) is 5.40. The minimum atomic E-state index is -1.29. The lowest BCUT2D eigenvalue weighted by atomic mass is 10.2. The van der Waals surface area contributed by atoms with Gasteiger partial charge in [0.05, 0.1) is 8.07 Å². The highest BCUT2D eigenvalue weighted by Crippen LogP contribution is 2.03. The molecule has 0 amide bonds. The molecule has 0 radical (unpaired) electrons. The molecule has 0 aliphatic rings. The lowest BCUT2D eigenvalue weighted by molar-refractivity contribution is 1.64. The van der Waals surface area contributed by atoms with E-state index in [-0.39, 0.29) is 0 Å². The minimum Gasteiger partial charge on any atom is -0.118 e. The number of hydrogen-bond acceptors (Lipinski definition) is 0. The van der Waals surface area contributed by atoms with Crippen LogP contribution in [0.25, 0.3) is 0 Å². The average Bonchev–Trinajstić information content (AvgIpc) is 2.22. The summed E-state index contributed by atoms with van der Waals surface area (Å²) in [5, 5.41) is 1.47. The molecule has 0 aromatic heterocycles. The molecule has 0 spiro atoms. The quantitative estimate of drug-likeness (QED) is 0.541. The molecule has 0 aliphatic carbocycles. The molecule has 1 aromatic carbocycles. The first-order valence-corrected chi connectivity index (χ1v) is 13.3. The molecule has 1 aromatic rings. The molecule has 94 valence electrons. The molecule has 0 heterocycles. The summed E-state index contributed by atoms with van der Waals surface area (Å²) >= 11 is 0. The van der Waals surface area contributed by atoms with Gasteiger partial charge in [0.1, 0.15) is 8.07 Å². The number of benzene rings is 1. The lowest BCUT2D eigenvalue weighted by Gasteiger charge is -2.15. The van der Waals surface area contributed by atoms with Crippen molar-refractivity contribution in [3.05, 3.63) is 29.8 Å². The molecular formula is C16H22Si2. The molecule has 0 fully saturated rings. The zero-order valence-electron chi connectivity index (χ0n) is 12.3. The molecule has 1 rings (SSSR count). The molecule has 0 bridgehead atoms. The Balaban J connectivity index is 2.82. The molecule has 0 aliphatic heterocycles. The van der Waals surface area contributed by atoms with Gasteiger partial charge in [0.25, 0.3) is 0 Å². The first-order chi connectivity index (χ1) is 8.18. The van der Waals surface area contributed by atoms with Gasteiger partial charge in [0, 0.05) is 5.56 Å². The summed E-state index contributed by atoms with van der Waals surface area (Å²) in [5.41, 5.74) is 4.31. The van der Waals surface area contributed by atoms with Crippen LogP contribution >= 0.6 is 0 Å². The van der Waals surface area contributed by atoms with Crippen LogP contribution in [-0.2, 0) is 0 Å². The van der Waals surface area contributed by atoms with E-state index in [1.807, 2.05) is 0 Å². The summed E-state index contributed by atoms with van der Waals surface area (Å²) in [6.07, 6.45) is 0. The van der Waals surface area contributed by atoms with Gasteiger partial charge in [-0.1, -0.05) is 62.5 Å². The smallest absolute Gasteiger partial charge is 0.118 e. The van der Waals surface area contributed by atoms with E-state index < -0.39 is 16.1 Å². The van der Waals surface area contributed by atoms with E-state index in [1.165, 1.54) is 5.19 Å². The molecular weight excluding hydrogens is 248 g/mol. The van der Waals surface area contributed by atoms with E-state index in [9.17, 15) is 0 Å². The van der Waals surface area contributed by atoms with Crippen LogP contribution in [0.3, 0.4) is 0 Å². The van der Waals surface area contributed by atoms with Crippen molar-refractivity contribution in [1.29, 1.82) is 0 Å². The van der Waals surface area contributed by atoms with Crippen molar-refractivity contribution in [2.75, 3.05) is 0 Å². The summed E-state index contributed by atoms with van der Waals surface area (Å²) in [4.78, 5) is 0. The van der Waals surface area contributed by atoms with Crippen molar-refractivity contribution in [3.8, 4) is 23.3 Å². The Morgan fingerprint density at radius 2 is 1.33 bits per heavy atom. The fourth-order valence-corrected chi connectivity index (χ4v) is 2.98. The van der Waals surface area contributed by atoms with Gasteiger partial charge in [0.15, 0.2) is 0 Å². The van der Waals surface area contributed by atoms with Crippen molar-refractivity contribution >= 4 is 21.3 Å². The highest BCUT2D eigenvalue weighted by molar-refractivity contribution is 6.88. The van der Waals surface area contributed by atoms with Crippen LogP contribution < -0.4 is 5.19 Å². The van der Waals surface area contributed by atoms with Gasteiger partial charge < -0.3 is 0 Å².